The summed E-state index contributed by atoms with van der Waals surface area (Å²) < 4.78 is 0. The number of halogens is 1. The van der Waals surface area contributed by atoms with Gasteiger partial charge in [-0.1, -0.05) is 55.0 Å². The third-order valence-corrected chi connectivity index (χ3v) is 2.81. The molecule has 0 atom stereocenters. The Bertz CT molecular complexity index is 480. The molecule has 16 heavy (non-hydrogen) atoms. The van der Waals surface area contributed by atoms with Crippen molar-refractivity contribution in [2.75, 3.05) is 0 Å². The minimum atomic E-state index is 0.494. The molecule has 2 aromatic rings. The molecule has 0 bridgehead atoms. The summed E-state index contributed by atoms with van der Waals surface area (Å²) in [6.45, 7) is 4.87. The first kappa shape index (κ1) is 11.2. The Labute approximate surface area is 102 Å². The third-order valence-electron chi connectivity index (χ3n) is 2.59. The Morgan fingerprint density at radius 3 is 2.44 bits per heavy atom. The SMILES string of the molecule is CB(C)c1ccccc1-c1ccc(Cl)cn1. The highest BCUT2D eigenvalue weighted by Gasteiger charge is 2.10. The van der Waals surface area contributed by atoms with Gasteiger partial charge >= 0.3 is 0 Å². The van der Waals surface area contributed by atoms with Gasteiger partial charge in [0.15, 0.2) is 6.71 Å². The van der Waals surface area contributed by atoms with Gasteiger partial charge in [-0.25, -0.2) is 0 Å². The van der Waals surface area contributed by atoms with Crippen LogP contribution in [0.1, 0.15) is 0 Å². The maximum atomic E-state index is 5.84. The Morgan fingerprint density at radius 1 is 1.06 bits per heavy atom. The van der Waals surface area contributed by atoms with Gasteiger partial charge < -0.3 is 0 Å². The summed E-state index contributed by atoms with van der Waals surface area (Å²) in [5.74, 6) is 0. The van der Waals surface area contributed by atoms with E-state index in [0.29, 0.717) is 11.7 Å². The highest BCUT2D eigenvalue weighted by molar-refractivity contribution is 6.72. The van der Waals surface area contributed by atoms with Gasteiger partial charge in [-0.3, -0.25) is 4.98 Å². The average Bonchev–Trinajstić information content (AvgIpc) is 2.30. The normalized spacial score (nSPS) is 10.2. The maximum absolute atomic E-state index is 5.84. The van der Waals surface area contributed by atoms with Crippen LogP contribution in [-0.2, 0) is 0 Å². The molecule has 0 saturated heterocycles. The zero-order chi connectivity index (χ0) is 11.5. The highest BCUT2D eigenvalue weighted by atomic mass is 35.5. The molecule has 3 heteroatoms. The standard InChI is InChI=1S/C13H13BClN/c1-14(2)12-6-4-3-5-11(12)13-8-7-10(15)9-16-13/h3-9H,1-2H3. The van der Waals surface area contributed by atoms with E-state index >= 15 is 0 Å². The van der Waals surface area contributed by atoms with Gasteiger partial charge in [0.25, 0.3) is 0 Å². The van der Waals surface area contributed by atoms with Crippen LogP contribution in [0.2, 0.25) is 18.7 Å². The molecule has 1 heterocycles. The van der Waals surface area contributed by atoms with Crippen molar-refractivity contribution >= 4 is 23.8 Å². The largest absolute Gasteiger partial charge is 0.255 e. The average molecular weight is 230 g/mol. The molecule has 0 radical (unpaired) electrons. The molecular weight excluding hydrogens is 216 g/mol. The van der Waals surface area contributed by atoms with Gasteiger partial charge in [-0.2, -0.15) is 0 Å². The lowest BCUT2D eigenvalue weighted by Gasteiger charge is -2.10. The topological polar surface area (TPSA) is 12.9 Å². The summed E-state index contributed by atoms with van der Waals surface area (Å²) in [6, 6.07) is 12.2. The molecule has 0 saturated carbocycles. The first-order chi connectivity index (χ1) is 7.68. The lowest BCUT2D eigenvalue weighted by Crippen LogP contribution is -2.24. The van der Waals surface area contributed by atoms with E-state index in [0.717, 1.165) is 5.69 Å². The van der Waals surface area contributed by atoms with Crippen LogP contribution in [0.15, 0.2) is 42.6 Å². The van der Waals surface area contributed by atoms with Gasteiger partial charge in [-0.05, 0) is 17.7 Å². The first-order valence-corrected chi connectivity index (χ1v) is 5.77. The van der Waals surface area contributed by atoms with E-state index in [1.165, 1.54) is 11.0 Å². The summed E-state index contributed by atoms with van der Waals surface area (Å²) in [6.07, 6.45) is 1.69. The fourth-order valence-electron chi connectivity index (χ4n) is 1.77. The lowest BCUT2D eigenvalue weighted by atomic mass is 9.48. The number of nitrogens with zero attached hydrogens (tertiary/aromatic N) is 1. The van der Waals surface area contributed by atoms with Crippen molar-refractivity contribution < 1.29 is 0 Å². The van der Waals surface area contributed by atoms with E-state index in [1.54, 1.807) is 6.20 Å². The lowest BCUT2D eigenvalue weighted by molar-refractivity contribution is 1.33. The van der Waals surface area contributed by atoms with Crippen molar-refractivity contribution in [2.45, 2.75) is 13.6 Å². The number of hydrogen-bond donors (Lipinski definition) is 0. The van der Waals surface area contributed by atoms with Crippen molar-refractivity contribution in [3.63, 3.8) is 0 Å². The molecule has 1 aromatic heterocycles. The van der Waals surface area contributed by atoms with Gasteiger partial charge in [-0.15, -0.1) is 0 Å². The Balaban J connectivity index is 2.51. The van der Waals surface area contributed by atoms with Crippen LogP contribution in [0.5, 0.6) is 0 Å². The zero-order valence-electron chi connectivity index (χ0n) is 9.44. The quantitative estimate of drug-likeness (QED) is 0.720. The Hall–Kier alpha value is -1.28. The summed E-state index contributed by atoms with van der Waals surface area (Å²) in [7, 11) is 0. The van der Waals surface area contributed by atoms with Crippen LogP contribution < -0.4 is 5.46 Å². The molecule has 0 spiro atoms. The monoisotopic (exact) mass is 229 g/mol. The molecule has 1 nitrogen and oxygen atoms in total. The first-order valence-electron chi connectivity index (χ1n) is 5.39. The molecule has 80 valence electrons. The summed E-state index contributed by atoms with van der Waals surface area (Å²) in [5.41, 5.74) is 3.49. The van der Waals surface area contributed by atoms with Gasteiger partial charge in [0.2, 0.25) is 0 Å². The van der Waals surface area contributed by atoms with Crippen LogP contribution in [0.3, 0.4) is 0 Å². The summed E-state index contributed by atoms with van der Waals surface area (Å²) >= 11 is 5.84. The summed E-state index contributed by atoms with van der Waals surface area (Å²) in [4.78, 5) is 4.36. The van der Waals surface area contributed by atoms with Crippen molar-refractivity contribution in [1.29, 1.82) is 0 Å². The van der Waals surface area contributed by atoms with E-state index in [-0.39, 0.29) is 0 Å². The second-order valence-corrected chi connectivity index (χ2v) is 4.54. The molecule has 0 aliphatic carbocycles. The smallest absolute Gasteiger partial charge is 0.170 e. The van der Waals surface area contributed by atoms with Crippen LogP contribution in [0.25, 0.3) is 11.3 Å². The highest BCUT2D eigenvalue weighted by Crippen LogP contribution is 2.17. The minimum Gasteiger partial charge on any atom is -0.255 e. The minimum absolute atomic E-state index is 0.494. The van der Waals surface area contributed by atoms with Crippen LogP contribution in [-0.4, -0.2) is 11.7 Å². The second-order valence-electron chi connectivity index (χ2n) is 4.10. The molecule has 0 aliphatic rings. The molecule has 0 N–H and O–H groups in total. The summed E-state index contributed by atoms with van der Waals surface area (Å²) in [5, 5.41) is 0.672. The van der Waals surface area contributed by atoms with Crippen molar-refractivity contribution in [3.8, 4) is 11.3 Å². The van der Waals surface area contributed by atoms with Crippen molar-refractivity contribution in [2.24, 2.45) is 0 Å². The molecular formula is C13H13BClN. The van der Waals surface area contributed by atoms with Gasteiger partial charge in [0, 0.05) is 6.20 Å². The van der Waals surface area contributed by atoms with E-state index in [2.05, 4.69) is 36.8 Å². The molecule has 0 aliphatic heterocycles. The molecule has 0 amide bonds. The van der Waals surface area contributed by atoms with Crippen molar-refractivity contribution in [1.82, 2.24) is 4.98 Å². The number of hydrogen-bond acceptors (Lipinski definition) is 1. The maximum Gasteiger partial charge on any atom is 0.170 e. The van der Waals surface area contributed by atoms with Crippen LogP contribution >= 0.6 is 11.6 Å². The zero-order valence-corrected chi connectivity index (χ0v) is 10.2. The van der Waals surface area contributed by atoms with Crippen LogP contribution in [0.4, 0.5) is 0 Å². The van der Waals surface area contributed by atoms with E-state index < -0.39 is 0 Å². The third kappa shape index (κ3) is 2.28. The predicted octanol–water partition coefficient (Wildman–Crippen LogP) is 3.36. The predicted molar refractivity (Wildman–Crippen MR) is 71.8 cm³/mol. The fraction of sp³-hybridized carbons (Fsp3) is 0.154. The second kappa shape index (κ2) is 4.71. The fourth-order valence-corrected chi connectivity index (χ4v) is 1.88. The number of aromatic nitrogens is 1. The van der Waals surface area contributed by atoms with E-state index in [9.17, 15) is 0 Å². The molecule has 0 unspecified atom stereocenters. The Kier molecular flexibility index (Phi) is 3.30. The van der Waals surface area contributed by atoms with E-state index in [4.69, 9.17) is 11.6 Å². The van der Waals surface area contributed by atoms with E-state index in [1.807, 2.05) is 18.2 Å². The molecule has 0 fully saturated rings. The Morgan fingerprint density at radius 2 is 1.81 bits per heavy atom. The number of rotatable bonds is 2. The van der Waals surface area contributed by atoms with Crippen LogP contribution in [0, 0.1) is 0 Å². The van der Waals surface area contributed by atoms with Gasteiger partial charge in [0.05, 0.1) is 10.7 Å². The number of pyridine rings is 1. The van der Waals surface area contributed by atoms with Crippen molar-refractivity contribution in [3.05, 3.63) is 47.6 Å². The molecule has 1 aromatic carbocycles. The molecule has 2 rings (SSSR count). The number of benzene rings is 1. The van der Waals surface area contributed by atoms with Gasteiger partial charge in [0.1, 0.15) is 0 Å².